The first-order valence-electron chi connectivity index (χ1n) is 9.38. The molecule has 0 bridgehead atoms. The molecule has 1 atom stereocenters. The minimum Gasteiger partial charge on any atom is -0.486 e. The Hall–Kier alpha value is -2.79. The molecule has 1 N–H and O–H groups in total. The number of fused-ring (bicyclic) bond motifs is 2. The summed E-state index contributed by atoms with van der Waals surface area (Å²) in [7, 11) is 2.12. The van der Waals surface area contributed by atoms with E-state index in [0.29, 0.717) is 18.8 Å². The Labute approximate surface area is 158 Å². The average Bonchev–Trinajstić information content (AvgIpc) is 2.67. The van der Waals surface area contributed by atoms with Crippen LogP contribution in [0.1, 0.15) is 23.6 Å². The van der Waals surface area contributed by atoms with Crippen LogP contribution in [0.2, 0.25) is 0 Å². The van der Waals surface area contributed by atoms with Gasteiger partial charge in [0.2, 0.25) is 0 Å². The zero-order valence-corrected chi connectivity index (χ0v) is 15.7. The zero-order chi connectivity index (χ0) is 18.8. The van der Waals surface area contributed by atoms with Gasteiger partial charge in [-0.05, 0) is 36.2 Å². The second-order valence-corrected chi connectivity index (χ2v) is 7.06. The normalized spacial score (nSPS) is 14.3. The van der Waals surface area contributed by atoms with E-state index >= 15 is 0 Å². The Bertz CT molecular complexity index is 1020. The van der Waals surface area contributed by atoms with Gasteiger partial charge < -0.3 is 18.8 Å². The van der Waals surface area contributed by atoms with Gasteiger partial charge in [0, 0.05) is 22.6 Å². The van der Waals surface area contributed by atoms with E-state index in [-0.39, 0.29) is 5.63 Å². The average molecular weight is 366 g/mol. The highest BCUT2D eigenvalue weighted by molar-refractivity contribution is 5.80. The van der Waals surface area contributed by atoms with Crippen molar-refractivity contribution in [2.24, 2.45) is 0 Å². The summed E-state index contributed by atoms with van der Waals surface area (Å²) in [4.78, 5) is 13.3. The molecule has 1 aliphatic heterocycles. The Morgan fingerprint density at radius 2 is 1.70 bits per heavy atom. The molecule has 1 aliphatic rings. The number of nitrogens with one attached hydrogen (secondary N) is 1. The molecule has 0 aliphatic carbocycles. The van der Waals surface area contributed by atoms with Crippen LogP contribution in [0.5, 0.6) is 11.5 Å². The smallest absolute Gasteiger partial charge is 0.336 e. The van der Waals surface area contributed by atoms with E-state index in [9.17, 15) is 4.79 Å². The molecule has 4 rings (SSSR count). The molecule has 2 heterocycles. The van der Waals surface area contributed by atoms with Gasteiger partial charge in [0.1, 0.15) is 31.9 Å². The number of ether oxygens (including phenoxy) is 2. The first-order chi connectivity index (χ1) is 13.1. The molecule has 0 fully saturated rings. The van der Waals surface area contributed by atoms with Crippen molar-refractivity contribution in [3.05, 3.63) is 69.6 Å². The van der Waals surface area contributed by atoms with Gasteiger partial charge in [-0.25, -0.2) is 4.79 Å². The molecule has 0 radical (unpaired) electrons. The highest BCUT2D eigenvalue weighted by Crippen LogP contribution is 2.30. The third-order valence-electron chi connectivity index (χ3n) is 4.91. The molecular formula is C22H24NO4+. The molecule has 1 unspecified atom stereocenters. The molecule has 3 aromatic rings. The van der Waals surface area contributed by atoms with Gasteiger partial charge in [-0.2, -0.15) is 0 Å². The quantitative estimate of drug-likeness (QED) is 0.705. The van der Waals surface area contributed by atoms with E-state index < -0.39 is 0 Å². The van der Waals surface area contributed by atoms with Gasteiger partial charge in [-0.15, -0.1) is 0 Å². The molecule has 5 heteroatoms. The molecular weight excluding hydrogens is 342 g/mol. The van der Waals surface area contributed by atoms with E-state index in [1.807, 2.05) is 18.2 Å². The molecule has 0 amide bonds. The third-order valence-corrected chi connectivity index (χ3v) is 4.91. The van der Waals surface area contributed by atoms with Gasteiger partial charge in [0.15, 0.2) is 11.5 Å². The van der Waals surface area contributed by atoms with Crippen LogP contribution in [0.25, 0.3) is 11.0 Å². The third kappa shape index (κ3) is 3.83. The van der Waals surface area contributed by atoms with E-state index in [1.165, 1.54) is 16.0 Å². The Kier molecular flexibility index (Phi) is 4.86. The lowest BCUT2D eigenvalue weighted by molar-refractivity contribution is -0.907. The van der Waals surface area contributed by atoms with Gasteiger partial charge >= 0.3 is 5.63 Å². The standard InChI is InChI=1S/C22H23NO4/c1-3-15-4-6-18-17(12-22(24)27-20(18)10-15)14-23(2)13-16-5-7-19-21(11-16)26-9-8-25-19/h4-7,10-12H,3,8-9,13-14H2,1-2H3/p+1. The monoisotopic (exact) mass is 366 g/mol. The van der Waals surface area contributed by atoms with Gasteiger partial charge in [-0.3, -0.25) is 0 Å². The molecule has 5 nitrogen and oxygen atoms in total. The largest absolute Gasteiger partial charge is 0.486 e. The van der Waals surface area contributed by atoms with Crippen molar-refractivity contribution in [2.75, 3.05) is 20.3 Å². The second kappa shape index (κ2) is 7.45. The number of aryl methyl sites for hydroxylation is 1. The molecule has 0 saturated heterocycles. The Morgan fingerprint density at radius 1 is 0.926 bits per heavy atom. The first kappa shape index (κ1) is 17.6. The van der Waals surface area contributed by atoms with E-state index in [0.717, 1.165) is 42.0 Å². The van der Waals surface area contributed by atoms with Crippen molar-refractivity contribution in [1.82, 2.24) is 0 Å². The highest BCUT2D eigenvalue weighted by atomic mass is 16.6. The minimum absolute atomic E-state index is 0.294. The number of quaternary nitrogens is 1. The molecule has 0 saturated carbocycles. The fourth-order valence-corrected chi connectivity index (χ4v) is 3.57. The van der Waals surface area contributed by atoms with Crippen LogP contribution in [-0.2, 0) is 19.5 Å². The van der Waals surface area contributed by atoms with Crippen LogP contribution in [0.4, 0.5) is 0 Å². The summed E-state index contributed by atoms with van der Waals surface area (Å²) < 4.78 is 16.7. The molecule has 2 aromatic carbocycles. The zero-order valence-electron chi connectivity index (χ0n) is 15.7. The first-order valence-corrected chi connectivity index (χ1v) is 9.38. The maximum atomic E-state index is 12.0. The van der Waals surface area contributed by atoms with Crippen molar-refractivity contribution < 1.29 is 18.8 Å². The van der Waals surface area contributed by atoms with Gasteiger partial charge in [0.05, 0.1) is 7.05 Å². The molecule has 27 heavy (non-hydrogen) atoms. The summed E-state index contributed by atoms with van der Waals surface area (Å²) in [5.41, 5.74) is 3.73. The Balaban J connectivity index is 1.56. The lowest BCUT2D eigenvalue weighted by Crippen LogP contribution is -3.06. The van der Waals surface area contributed by atoms with Crippen LogP contribution in [0.3, 0.4) is 0 Å². The number of hydrogen-bond acceptors (Lipinski definition) is 4. The fourth-order valence-electron chi connectivity index (χ4n) is 3.57. The molecule has 140 valence electrons. The van der Waals surface area contributed by atoms with Crippen molar-refractivity contribution in [3.8, 4) is 11.5 Å². The summed E-state index contributed by atoms with van der Waals surface area (Å²) >= 11 is 0. The number of hydrogen-bond donors (Lipinski definition) is 1. The van der Waals surface area contributed by atoms with Crippen LogP contribution in [-0.4, -0.2) is 20.3 Å². The topological polar surface area (TPSA) is 53.1 Å². The maximum absolute atomic E-state index is 12.0. The van der Waals surface area contributed by atoms with E-state index in [2.05, 4.69) is 32.2 Å². The second-order valence-electron chi connectivity index (χ2n) is 7.06. The van der Waals surface area contributed by atoms with Crippen LogP contribution in [0.15, 0.2) is 51.7 Å². The van der Waals surface area contributed by atoms with Crippen LogP contribution < -0.4 is 20.0 Å². The van der Waals surface area contributed by atoms with Crippen molar-refractivity contribution in [2.45, 2.75) is 26.4 Å². The Morgan fingerprint density at radius 3 is 2.52 bits per heavy atom. The predicted octanol–water partition coefficient (Wildman–Crippen LogP) is 2.34. The summed E-state index contributed by atoms with van der Waals surface area (Å²) in [6.45, 7) is 4.84. The molecule has 0 spiro atoms. The predicted molar refractivity (Wildman–Crippen MR) is 104 cm³/mol. The van der Waals surface area contributed by atoms with Crippen molar-refractivity contribution >= 4 is 11.0 Å². The lowest BCUT2D eigenvalue weighted by Gasteiger charge is -2.20. The summed E-state index contributed by atoms with van der Waals surface area (Å²) in [6, 6.07) is 13.8. The lowest BCUT2D eigenvalue weighted by atomic mass is 10.1. The summed E-state index contributed by atoms with van der Waals surface area (Å²) in [6.07, 6.45) is 0.916. The van der Waals surface area contributed by atoms with Crippen LogP contribution >= 0.6 is 0 Å². The highest BCUT2D eigenvalue weighted by Gasteiger charge is 2.15. The number of rotatable bonds is 5. The fraction of sp³-hybridized carbons (Fsp3) is 0.318. The van der Waals surface area contributed by atoms with Crippen molar-refractivity contribution in [1.29, 1.82) is 0 Å². The van der Waals surface area contributed by atoms with Crippen LogP contribution in [0, 0.1) is 0 Å². The van der Waals surface area contributed by atoms with Gasteiger partial charge in [0.25, 0.3) is 0 Å². The van der Waals surface area contributed by atoms with E-state index in [1.54, 1.807) is 6.07 Å². The number of benzene rings is 2. The van der Waals surface area contributed by atoms with Crippen molar-refractivity contribution in [3.63, 3.8) is 0 Å². The minimum atomic E-state index is -0.294. The van der Waals surface area contributed by atoms with Gasteiger partial charge in [-0.1, -0.05) is 19.1 Å². The summed E-state index contributed by atoms with van der Waals surface area (Å²) in [5, 5.41) is 1.01. The SMILES string of the molecule is CCc1ccc2c(C[NH+](C)Cc3ccc4c(c3)OCCO4)cc(=O)oc2c1. The molecule has 1 aromatic heterocycles. The summed E-state index contributed by atoms with van der Waals surface area (Å²) in [5.74, 6) is 1.62. The maximum Gasteiger partial charge on any atom is 0.336 e. The van der Waals surface area contributed by atoms with E-state index in [4.69, 9.17) is 13.9 Å².